The van der Waals surface area contributed by atoms with Crippen LogP contribution in [0.25, 0.3) is 27.8 Å². The minimum Gasteiger partial charge on any atom is -0.462 e. The average molecular weight is 601 g/mol. The number of amides is 1. The van der Waals surface area contributed by atoms with Gasteiger partial charge in [0.1, 0.15) is 11.5 Å². The second-order valence-electron chi connectivity index (χ2n) is 13.1. The first-order valence-corrected chi connectivity index (χ1v) is 16.3. The van der Waals surface area contributed by atoms with Crippen LogP contribution >= 0.6 is 0 Å². The van der Waals surface area contributed by atoms with E-state index in [4.69, 9.17) is 9.84 Å². The maximum atomic E-state index is 15.2. The van der Waals surface area contributed by atoms with Crippen LogP contribution in [0, 0.1) is 24.6 Å². The number of hydrogen-bond acceptors (Lipinski definition) is 5. The summed E-state index contributed by atoms with van der Waals surface area (Å²) in [5.41, 5.74) is 6.24. The van der Waals surface area contributed by atoms with E-state index in [1.165, 1.54) is 12.8 Å². The predicted molar refractivity (Wildman–Crippen MR) is 166 cm³/mol. The van der Waals surface area contributed by atoms with Gasteiger partial charge < -0.3 is 19.3 Å². The number of aromatic nitrogens is 3. The van der Waals surface area contributed by atoms with Gasteiger partial charge in [0.05, 0.1) is 35.0 Å². The zero-order valence-corrected chi connectivity index (χ0v) is 25.6. The number of benzene rings is 1. The van der Waals surface area contributed by atoms with Gasteiger partial charge in [-0.25, -0.2) is 13.7 Å². The number of rotatable bonds is 7. The Morgan fingerprint density at radius 1 is 1.02 bits per heavy atom. The van der Waals surface area contributed by atoms with E-state index in [1.807, 2.05) is 17.9 Å². The van der Waals surface area contributed by atoms with Crippen LogP contribution in [0.1, 0.15) is 85.7 Å². The summed E-state index contributed by atoms with van der Waals surface area (Å²) in [7, 11) is 0. The fourth-order valence-electron chi connectivity index (χ4n) is 7.41. The Morgan fingerprint density at radius 3 is 2.48 bits per heavy atom. The summed E-state index contributed by atoms with van der Waals surface area (Å²) in [6, 6.07) is 9.09. The highest BCUT2D eigenvalue weighted by atomic mass is 19.1. The summed E-state index contributed by atoms with van der Waals surface area (Å²) >= 11 is 0. The normalized spacial score (nSPS) is 21.3. The van der Waals surface area contributed by atoms with Gasteiger partial charge in [0.15, 0.2) is 0 Å². The molecule has 3 aromatic heterocycles. The van der Waals surface area contributed by atoms with Gasteiger partial charge >= 0.3 is 5.97 Å². The van der Waals surface area contributed by atoms with Crippen LogP contribution in [0.5, 0.6) is 0 Å². The maximum Gasteiger partial charge on any atom is 0.339 e. The third-order valence-corrected chi connectivity index (χ3v) is 10.0. The van der Waals surface area contributed by atoms with Crippen molar-refractivity contribution >= 4 is 28.3 Å². The van der Waals surface area contributed by atoms with Crippen LogP contribution in [0.2, 0.25) is 0 Å². The lowest BCUT2D eigenvalue weighted by Gasteiger charge is -2.36. The van der Waals surface area contributed by atoms with E-state index < -0.39 is 0 Å². The predicted octanol–water partition coefficient (Wildman–Crippen LogP) is 6.25. The molecular weight excluding hydrogens is 559 g/mol. The monoisotopic (exact) mass is 600 g/mol. The molecule has 1 aromatic carbocycles. The van der Waals surface area contributed by atoms with E-state index in [2.05, 4.69) is 10.6 Å². The maximum absolute atomic E-state index is 15.2. The van der Waals surface area contributed by atoms with Crippen molar-refractivity contribution in [2.75, 3.05) is 19.7 Å². The molecule has 1 aliphatic heterocycles. The molecule has 0 bridgehead atoms. The number of likely N-dealkylation sites (tertiary alicyclic amines) is 1. The van der Waals surface area contributed by atoms with Gasteiger partial charge in [0.25, 0.3) is 0 Å². The van der Waals surface area contributed by atoms with E-state index in [1.54, 1.807) is 35.8 Å². The average Bonchev–Trinajstić information content (AvgIpc) is 3.70. The second kappa shape index (κ2) is 11.7. The summed E-state index contributed by atoms with van der Waals surface area (Å²) in [6.07, 6.45) is 8.32. The standard InChI is InChI=1S/C35H41FN4O4/c1-3-44-35(43)25-8-11-30-21(2)32(37-40(30)20-25)31-17-26-16-27(36)18-29(33(26)39(31)19-22-4-5-22)23-12-14-38(15-13-23)34(42)24-6-9-28(41)10-7-24/h8,11,16-18,20,22-24,28,41H,3-7,9-10,12-15,19H2,1-2H3. The molecule has 2 aliphatic carbocycles. The molecule has 0 spiro atoms. The minimum absolute atomic E-state index is 0.0104. The van der Waals surface area contributed by atoms with Crippen LogP contribution in [-0.2, 0) is 16.1 Å². The number of pyridine rings is 1. The molecule has 4 aromatic rings. The number of hydrogen-bond donors (Lipinski definition) is 1. The molecule has 0 radical (unpaired) electrons. The van der Waals surface area contributed by atoms with Gasteiger partial charge in [-0.15, -0.1) is 0 Å². The topological polar surface area (TPSA) is 89.1 Å². The molecule has 1 amide bonds. The Labute approximate surface area is 256 Å². The van der Waals surface area contributed by atoms with Gasteiger partial charge in [0, 0.05) is 42.7 Å². The number of carbonyl (C=O) groups is 2. The molecular formula is C35H41FN4O4. The van der Waals surface area contributed by atoms with Gasteiger partial charge in [-0.05, 0) is 113 Å². The van der Waals surface area contributed by atoms with Crippen molar-refractivity contribution in [2.45, 2.75) is 83.8 Å². The van der Waals surface area contributed by atoms with Gasteiger partial charge in [-0.2, -0.15) is 5.10 Å². The zero-order valence-electron chi connectivity index (χ0n) is 25.6. The molecule has 4 heterocycles. The number of aliphatic hydroxyl groups excluding tert-OH is 1. The Bertz CT molecular complexity index is 1720. The lowest BCUT2D eigenvalue weighted by Crippen LogP contribution is -2.42. The molecule has 1 N–H and O–H groups in total. The quantitative estimate of drug-likeness (QED) is 0.254. The Hall–Kier alpha value is -3.72. The first kappa shape index (κ1) is 29.0. The Kier molecular flexibility index (Phi) is 7.69. The Balaban J connectivity index is 1.23. The molecule has 3 aliphatic rings. The highest BCUT2D eigenvalue weighted by molar-refractivity contribution is 5.92. The fourth-order valence-corrected chi connectivity index (χ4v) is 7.41. The SMILES string of the molecule is CCOC(=O)c1ccc2c(C)c(-c3cc4cc(F)cc(C5CCN(C(=O)C6CCC(O)CC6)CC5)c4n3CC3CC3)nn2c1. The number of halogens is 1. The summed E-state index contributed by atoms with van der Waals surface area (Å²) in [5, 5.41) is 15.7. The van der Waals surface area contributed by atoms with Crippen molar-refractivity contribution in [3.05, 3.63) is 59.0 Å². The number of piperidine rings is 1. The number of nitrogens with zero attached hydrogens (tertiary/aromatic N) is 4. The molecule has 9 heteroatoms. The highest BCUT2D eigenvalue weighted by Gasteiger charge is 2.33. The van der Waals surface area contributed by atoms with Crippen molar-refractivity contribution < 1.29 is 23.8 Å². The Morgan fingerprint density at radius 2 is 1.77 bits per heavy atom. The van der Waals surface area contributed by atoms with E-state index in [-0.39, 0.29) is 35.6 Å². The molecule has 8 nitrogen and oxygen atoms in total. The molecule has 0 atom stereocenters. The van der Waals surface area contributed by atoms with Crippen molar-refractivity contribution in [3.63, 3.8) is 0 Å². The first-order chi connectivity index (χ1) is 21.3. The van der Waals surface area contributed by atoms with Gasteiger partial charge in [-0.1, -0.05) is 0 Å². The molecule has 232 valence electrons. The van der Waals surface area contributed by atoms with Crippen LogP contribution < -0.4 is 0 Å². The molecule has 0 unspecified atom stereocenters. The molecule has 7 rings (SSSR count). The molecule has 44 heavy (non-hydrogen) atoms. The highest BCUT2D eigenvalue weighted by Crippen LogP contribution is 2.42. The van der Waals surface area contributed by atoms with Crippen molar-refractivity contribution in [1.82, 2.24) is 19.1 Å². The second-order valence-corrected chi connectivity index (χ2v) is 13.1. The van der Waals surface area contributed by atoms with Crippen molar-refractivity contribution in [3.8, 4) is 11.4 Å². The van der Waals surface area contributed by atoms with E-state index >= 15 is 4.39 Å². The van der Waals surface area contributed by atoms with Crippen LogP contribution in [0.4, 0.5) is 4.39 Å². The zero-order chi connectivity index (χ0) is 30.5. The van der Waals surface area contributed by atoms with Crippen molar-refractivity contribution in [1.29, 1.82) is 0 Å². The summed E-state index contributed by atoms with van der Waals surface area (Å²) < 4.78 is 24.5. The summed E-state index contributed by atoms with van der Waals surface area (Å²) in [6.45, 7) is 6.33. The number of ether oxygens (including phenoxy) is 1. The van der Waals surface area contributed by atoms with Crippen LogP contribution in [0.3, 0.4) is 0 Å². The van der Waals surface area contributed by atoms with E-state index in [9.17, 15) is 14.7 Å². The van der Waals surface area contributed by atoms with E-state index in [0.29, 0.717) is 44.0 Å². The van der Waals surface area contributed by atoms with Gasteiger partial charge in [-0.3, -0.25) is 4.79 Å². The summed E-state index contributed by atoms with van der Waals surface area (Å²) in [4.78, 5) is 27.6. The number of carbonyl (C=O) groups excluding carboxylic acids is 2. The van der Waals surface area contributed by atoms with Crippen molar-refractivity contribution in [2.24, 2.45) is 11.8 Å². The third kappa shape index (κ3) is 5.40. The third-order valence-electron chi connectivity index (χ3n) is 10.0. The van der Waals surface area contributed by atoms with Gasteiger partial charge in [0.2, 0.25) is 5.91 Å². The smallest absolute Gasteiger partial charge is 0.339 e. The number of esters is 1. The summed E-state index contributed by atoms with van der Waals surface area (Å²) in [5.74, 6) is 0.345. The molecule has 2 saturated carbocycles. The molecule has 3 fully saturated rings. The number of aryl methyl sites for hydroxylation is 1. The fraction of sp³-hybridized carbons (Fsp3) is 0.514. The number of aliphatic hydroxyl groups is 1. The first-order valence-electron chi connectivity index (χ1n) is 16.3. The minimum atomic E-state index is -0.377. The van der Waals surface area contributed by atoms with Crippen LogP contribution in [-0.4, -0.2) is 61.9 Å². The lowest BCUT2D eigenvalue weighted by atomic mass is 9.84. The molecule has 1 saturated heterocycles. The van der Waals surface area contributed by atoms with Crippen LogP contribution in [0.15, 0.2) is 36.5 Å². The number of fused-ring (bicyclic) bond motifs is 2. The van der Waals surface area contributed by atoms with E-state index in [0.717, 1.165) is 71.2 Å². The largest absolute Gasteiger partial charge is 0.462 e. The lowest BCUT2D eigenvalue weighted by molar-refractivity contribution is -0.138.